The van der Waals surface area contributed by atoms with Crippen LogP contribution >= 0.6 is 11.6 Å². The number of imidazole rings is 1. The highest BCUT2D eigenvalue weighted by Crippen LogP contribution is 2.31. The van der Waals surface area contributed by atoms with Gasteiger partial charge in [0.25, 0.3) is 0 Å². The Morgan fingerprint density at radius 3 is 2.42 bits per heavy atom. The summed E-state index contributed by atoms with van der Waals surface area (Å²) in [6.07, 6.45) is 0. The molecule has 1 aromatic heterocycles. The number of aromatic nitrogens is 2. The van der Waals surface area contributed by atoms with Gasteiger partial charge in [-0.05, 0) is 48.4 Å². The van der Waals surface area contributed by atoms with Gasteiger partial charge in [-0.3, -0.25) is 4.79 Å². The van der Waals surface area contributed by atoms with Crippen molar-refractivity contribution >= 4 is 38.4 Å². The third-order valence-corrected chi connectivity index (χ3v) is 7.62. The fourth-order valence-corrected chi connectivity index (χ4v) is 5.48. The summed E-state index contributed by atoms with van der Waals surface area (Å²) in [5.74, 6) is -0.189. The van der Waals surface area contributed by atoms with Crippen LogP contribution in [-0.2, 0) is 21.2 Å². The molecule has 0 radical (unpaired) electrons. The van der Waals surface area contributed by atoms with E-state index in [0.29, 0.717) is 28.2 Å². The lowest BCUT2D eigenvalue weighted by Gasteiger charge is -2.16. The number of aryl methyl sites for hydroxylation is 1. The molecule has 0 aliphatic heterocycles. The number of nitrogens with two attached hydrogens (primary N) is 1. The van der Waals surface area contributed by atoms with Crippen molar-refractivity contribution in [2.24, 2.45) is 5.73 Å². The molecule has 0 aliphatic carbocycles. The van der Waals surface area contributed by atoms with Gasteiger partial charge in [0.15, 0.2) is 15.1 Å². The van der Waals surface area contributed by atoms with Gasteiger partial charge in [-0.2, -0.15) is 0 Å². The summed E-state index contributed by atoms with van der Waals surface area (Å²) in [6, 6.07) is 20.3. The molecule has 8 heteroatoms. The van der Waals surface area contributed by atoms with Crippen molar-refractivity contribution < 1.29 is 13.2 Å². The second kappa shape index (κ2) is 8.17. The van der Waals surface area contributed by atoms with Crippen LogP contribution in [0.3, 0.4) is 0 Å². The number of carbonyl (C=O) groups excluding carboxylic acids is 1. The molecule has 158 valence electrons. The average Bonchev–Trinajstić information content (AvgIpc) is 3.04. The summed E-state index contributed by atoms with van der Waals surface area (Å²) in [5, 5.41) is -0.884. The molecule has 0 saturated heterocycles. The molecule has 0 spiro atoms. The molecule has 4 rings (SSSR count). The average molecular weight is 454 g/mol. The summed E-state index contributed by atoms with van der Waals surface area (Å²) < 4.78 is 28.3. The Hall–Kier alpha value is -3.16. The Morgan fingerprint density at radius 1 is 1.06 bits per heavy atom. The monoisotopic (exact) mass is 453 g/mol. The largest absolute Gasteiger partial charge is 0.368 e. The minimum Gasteiger partial charge on any atom is -0.368 e. The first-order chi connectivity index (χ1) is 14.8. The van der Waals surface area contributed by atoms with Crippen LogP contribution in [0.1, 0.15) is 22.2 Å². The van der Waals surface area contributed by atoms with E-state index in [2.05, 4.69) is 4.98 Å². The maximum atomic E-state index is 13.2. The van der Waals surface area contributed by atoms with E-state index >= 15 is 0 Å². The normalized spacial score (nSPS) is 12.7. The predicted molar refractivity (Wildman–Crippen MR) is 121 cm³/mol. The van der Waals surface area contributed by atoms with Gasteiger partial charge in [-0.1, -0.05) is 54.1 Å². The van der Waals surface area contributed by atoms with E-state index in [1.807, 2.05) is 35.8 Å². The van der Waals surface area contributed by atoms with Gasteiger partial charge in [0.2, 0.25) is 5.91 Å². The fraction of sp³-hybridized carbons (Fsp3) is 0.130. The summed E-state index contributed by atoms with van der Waals surface area (Å²) >= 11 is 6.32. The molecule has 31 heavy (non-hydrogen) atoms. The zero-order valence-corrected chi connectivity index (χ0v) is 18.3. The Kier molecular flexibility index (Phi) is 5.56. The Labute approximate surface area is 185 Å². The Morgan fingerprint density at radius 2 is 1.74 bits per heavy atom. The lowest BCUT2D eigenvalue weighted by Crippen LogP contribution is -2.28. The van der Waals surface area contributed by atoms with Gasteiger partial charge >= 0.3 is 0 Å². The Bertz CT molecular complexity index is 1380. The van der Waals surface area contributed by atoms with Crippen molar-refractivity contribution in [3.63, 3.8) is 0 Å². The molecule has 1 heterocycles. The molecular weight excluding hydrogens is 434 g/mol. The van der Waals surface area contributed by atoms with E-state index in [-0.39, 0.29) is 4.90 Å². The van der Waals surface area contributed by atoms with Gasteiger partial charge in [-0.15, -0.1) is 0 Å². The molecule has 0 aliphatic rings. The molecule has 2 N–H and O–H groups in total. The van der Waals surface area contributed by atoms with Crippen molar-refractivity contribution in [2.45, 2.75) is 23.6 Å². The predicted octanol–water partition coefficient (Wildman–Crippen LogP) is 4.05. The summed E-state index contributed by atoms with van der Waals surface area (Å²) in [7, 11) is -4.02. The number of nitrogens with zero attached hydrogens (tertiary/aromatic N) is 2. The van der Waals surface area contributed by atoms with E-state index < -0.39 is 21.0 Å². The second-order valence-corrected chi connectivity index (χ2v) is 9.67. The van der Waals surface area contributed by atoms with Gasteiger partial charge in [-0.25, -0.2) is 13.4 Å². The number of primary amides is 1. The lowest BCUT2D eigenvalue weighted by atomic mass is 10.1. The highest BCUT2D eigenvalue weighted by atomic mass is 35.5. The first-order valence-electron chi connectivity index (χ1n) is 9.57. The zero-order valence-electron chi connectivity index (χ0n) is 16.7. The number of fused-ring (bicyclic) bond motifs is 1. The SMILES string of the molecule is Cc1nc2ccc(C(C(N)=O)S(=O)(=O)c3ccccc3)cc2n1Cc1ccccc1Cl. The highest BCUT2D eigenvalue weighted by Gasteiger charge is 2.34. The third kappa shape index (κ3) is 3.94. The first-order valence-corrected chi connectivity index (χ1v) is 11.5. The van der Waals surface area contributed by atoms with E-state index in [9.17, 15) is 13.2 Å². The van der Waals surface area contributed by atoms with Crippen LogP contribution in [0.5, 0.6) is 0 Å². The summed E-state index contributed by atoms with van der Waals surface area (Å²) in [5.41, 5.74) is 8.15. The molecule has 1 atom stereocenters. The van der Waals surface area contributed by atoms with Gasteiger partial charge in [0, 0.05) is 5.02 Å². The van der Waals surface area contributed by atoms with Crippen LogP contribution in [0.25, 0.3) is 11.0 Å². The molecule has 4 aromatic rings. The van der Waals surface area contributed by atoms with Crippen LogP contribution in [0.4, 0.5) is 0 Å². The zero-order chi connectivity index (χ0) is 22.2. The molecule has 0 bridgehead atoms. The molecule has 0 fully saturated rings. The molecule has 0 saturated carbocycles. The molecule has 1 unspecified atom stereocenters. The molecule has 6 nitrogen and oxygen atoms in total. The maximum Gasteiger partial charge on any atom is 0.240 e. The van der Waals surface area contributed by atoms with Crippen molar-refractivity contribution in [1.82, 2.24) is 9.55 Å². The number of hydrogen-bond acceptors (Lipinski definition) is 4. The third-order valence-electron chi connectivity index (χ3n) is 5.19. The number of sulfone groups is 1. The maximum absolute atomic E-state index is 13.2. The van der Waals surface area contributed by atoms with Crippen LogP contribution in [0.2, 0.25) is 5.02 Å². The number of hydrogen-bond donors (Lipinski definition) is 1. The fourth-order valence-electron chi connectivity index (χ4n) is 3.66. The number of rotatable bonds is 6. The highest BCUT2D eigenvalue weighted by molar-refractivity contribution is 7.92. The van der Waals surface area contributed by atoms with Gasteiger partial charge < -0.3 is 10.3 Å². The number of carbonyl (C=O) groups is 1. The van der Waals surface area contributed by atoms with E-state index in [0.717, 1.165) is 11.4 Å². The van der Waals surface area contributed by atoms with Gasteiger partial charge in [0.1, 0.15) is 5.82 Å². The van der Waals surface area contributed by atoms with Crippen molar-refractivity contribution in [3.8, 4) is 0 Å². The number of benzene rings is 3. The molecule has 3 aromatic carbocycles. The molecular formula is C23H20ClN3O3S. The number of amides is 1. The minimum absolute atomic E-state index is 0.0413. The topological polar surface area (TPSA) is 95.1 Å². The van der Waals surface area contributed by atoms with Crippen LogP contribution in [-0.4, -0.2) is 23.9 Å². The van der Waals surface area contributed by atoms with E-state index in [4.69, 9.17) is 17.3 Å². The summed E-state index contributed by atoms with van der Waals surface area (Å²) in [4.78, 5) is 16.9. The van der Waals surface area contributed by atoms with Crippen molar-refractivity contribution in [2.75, 3.05) is 0 Å². The van der Waals surface area contributed by atoms with Crippen molar-refractivity contribution in [3.05, 3.63) is 94.8 Å². The van der Waals surface area contributed by atoms with Crippen molar-refractivity contribution in [1.29, 1.82) is 0 Å². The van der Waals surface area contributed by atoms with E-state index in [1.165, 1.54) is 12.1 Å². The standard InChI is InChI=1S/C23H20ClN3O3S/c1-15-26-20-12-11-16(13-21(20)27(15)14-17-7-5-6-10-19(17)24)22(23(25)28)31(29,30)18-8-3-2-4-9-18/h2-13,22H,14H2,1H3,(H2,25,28). The smallest absolute Gasteiger partial charge is 0.240 e. The second-order valence-electron chi connectivity index (χ2n) is 7.23. The van der Waals surface area contributed by atoms with Crippen LogP contribution < -0.4 is 5.73 Å². The lowest BCUT2D eigenvalue weighted by molar-refractivity contribution is -0.117. The Balaban J connectivity index is 1.84. The van der Waals surface area contributed by atoms with Crippen LogP contribution in [0.15, 0.2) is 77.7 Å². The molecule has 1 amide bonds. The quantitative estimate of drug-likeness (QED) is 0.476. The first kappa shape index (κ1) is 21.1. The minimum atomic E-state index is -4.02. The van der Waals surface area contributed by atoms with E-state index in [1.54, 1.807) is 36.4 Å². The summed E-state index contributed by atoms with van der Waals surface area (Å²) in [6.45, 7) is 2.32. The van der Waals surface area contributed by atoms with Crippen LogP contribution in [0, 0.1) is 6.92 Å². The van der Waals surface area contributed by atoms with Gasteiger partial charge in [0.05, 0.1) is 22.5 Å². The number of halogens is 1.